The molecule has 0 atom stereocenters. The molecule has 0 radical (unpaired) electrons. The van der Waals surface area contributed by atoms with Crippen molar-refractivity contribution in [2.24, 2.45) is 0 Å². The van der Waals surface area contributed by atoms with Crippen molar-refractivity contribution in [3.05, 3.63) is 23.5 Å². The third kappa shape index (κ3) is 3.00. The van der Waals surface area contributed by atoms with Gasteiger partial charge in [-0.25, -0.2) is 4.98 Å². The zero-order valence-corrected chi connectivity index (χ0v) is 12.6. The Labute approximate surface area is 115 Å². The topological polar surface area (TPSA) is 17.8 Å². The molecule has 2 nitrogen and oxygen atoms in total. The van der Waals surface area contributed by atoms with Crippen molar-refractivity contribution < 1.29 is 0 Å². The average Bonchev–Trinajstić information content (AvgIpc) is 2.64. The van der Waals surface area contributed by atoms with Crippen LogP contribution in [0.15, 0.2) is 17.3 Å². The number of imidazole rings is 1. The quantitative estimate of drug-likeness (QED) is 0.581. The minimum Gasteiger partial charge on any atom is -0.320 e. The number of hydrogen-bond acceptors (Lipinski definition) is 2. The second-order valence-corrected chi connectivity index (χ2v) is 6.42. The predicted octanol–water partition coefficient (Wildman–Crippen LogP) is 4.67. The molecule has 0 bridgehead atoms. The molecule has 0 aromatic carbocycles. The summed E-state index contributed by atoms with van der Waals surface area (Å²) in [6, 6.07) is 0.674. The molecule has 0 spiro atoms. The summed E-state index contributed by atoms with van der Waals surface area (Å²) < 4.78 is 2.49. The molecule has 0 aliphatic heterocycles. The van der Waals surface area contributed by atoms with Gasteiger partial charge in [-0.15, -0.1) is 0 Å². The highest BCUT2D eigenvalue weighted by Crippen LogP contribution is 2.34. The van der Waals surface area contributed by atoms with Gasteiger partial charge in [0.1, 0.15) is 0 Å². The zero-order valence-electron chi connectivity index (χ0n) is 11.8. The highest BCUT2D eigenvalue weighted by atomic mass is 32.2. The standard InChI is InChI=1S/C15H24N2S/c1-11(2)10-18-15-16-12(3)13(4)17(15)14-8-6-5-7-9-14/h14H,1,5-10H2,2-4H3. The van der Waals surface area contributed by atoms with Crippen LogP contribution in [0.5, 0.6) is 0 Å². The Balaban J connectivity index is 2.22. The number of hydrogen-bond donors (Lipinski definition) is 0. The van der Waals surface area contributed by atoms with E-state index in [1.165, 1.54) is 54.2 Å². The summed E-state index contributed by atoms with van der Waals surface area (Å²) in [5, 5.41) is 1.19. The van der Waals surface area contributed by atoms with Crippen molar-refractivity contribution in [3.63, 3.8) is 0 Å². The van der Waals surface area contributed by atoms with E-state index in [0.29, 0.717) is 6.04 Å². The minimum atomic E-state index is 0.674. The molecule has 1 aromatic heterocycles. The van der Waals surface area contributed by atoms with Crippen LogP contribution in [0.3, 0.4) is 0 Å². The molecule has 0 N–H and O–H groups in total. The highest BCUT2D eigenvalue weighted by molar-refractivity contribution is 7.99. The monoisotopic (exact) mass is 264 g/mol. The second-order valence-electron chi connectivity index (χ2n) is 5.47. The lowest BCUT2D eigenvalue weighted by molar-refractivity contribution is 0.332. The smallest absolute Gasteiger partial charge is 0.168 e. The number of thioether (sulfide) groups is 1. The van der Waals surface area contributed by atoms with Crippen LogP contribution in [-0.2, 0) is 0 Å². The Morgan fingerprint density at radius 3 is 2.61 bits per heavy atom. The largest absolute Gasteiger partial charge is 0.320 e. The molecular formula is C15H24N2S. The Kier molecular flexibility index (Phi) is 4.55. The third-order valence-electron chi connectivity index (χ3n) is 3.74. The van der Waals surface area contributed by atoms with Gasteiger partial charge in [-0.3, -0.25) is 0 Å². The fourth-order valence-corrected chi connectivity index (χ4v) is 3.66. The minimum absolute atomic E-state index is 0.674. The Bertz CT molecular complexity index is 428. The zero-order chi connectivity index (χ0) is 13.1. The average molecular weight is 264 g/mol. The molecule has 1 saturated carbocycles. The molecule has 1 aromatic rings. The summed E-state index contributed by atoms with van der Waals surface area (Å²) >= 11 is 1.84. The molecule has 0 amide bonds. The van der Waals surface area contributed by atoms with Crippen molar-refractivity contribution in [1.29, 1.82) is 0 Å². The Hall–Kier alpha value is -0.700. The molecule has 18 heavy (non-hydrogen) atoms. The lowest BCUT2D eigenvalue weighted by Crippen LogP contribution is -2.15. The van der Waals surface area contributed by atoms with Gasteiger partial charge in [0.15, 0.2) is 5.16 Å². The highest BCUT2D eigenvalue weighted by Gasteiger charge is 2.21. The molecule has 1 aliphatic carbocycles. The maximum absolute atomic E-state index is 4.74. The van der Waals surface area contributed by atoms with Gasteiger partial charge < -0.3 is 4.57 Å². The predicted molar refractivity (Wildman–Crippen MR) is 79.4 cm³/mol. The van der Waals surface area contributed by atoms with Crippen LogP contribution in [-0.4, -0.2) is 15.3 Å². The van der Waals surface area contributed by atoms with E-state index in [1.54, 1.807) is 0 Å². The molecule has 1 heterocycles. The first kappa shape index (κ1) is 13.7. The summed E-state index contributed by atoms with van der Waals surface area (Å²) in [6.07, 6.45) is 6.77. The summed E-state index contributed by atoms with van der Waals surface area (Å²) in [5.74, 6) is 0.975. The SMILES string of the molecule is C=C(C)CSc1nc(C)c(C)n1C1CCCCC1. The van der Waals surface area contributed by atoms with Gasteiger partial charge in [-0.05, 0) is 33.6 Å². The first-order chi connectivity index (χ1) is 8.59. The van der Waals surface area contributed by atoms with Crippen molar-refractivity contribution in [3.8, 4) is 0 Å². The normalized spacial score (nSPS) is 17.1. The first-order valence-corrected chi connectivity index (χ1v) is 7.90. The van der Waals surface area contributed by atoms with Crippen LogP contribution in [0.4, 0.5) is 0 Å². The van der Waals surface area contributed by atoms with Crippen molar-refractivity contribution >= 4 is 11.8 Å². The molecule has 0 saturated heterocycles. The van der Waals surface area contributed by atoms with Gasteiger partial charge in [0.25, 0.3) is 0 Å². The van der Waals surface area contributed by atoms with E-state index in [-0.39, 0.29) is 0 Å². The summed E-state index contributed by atoms with van der Waals surface area (Å²) in [5.41, 5.74) is 3.75. The van der Waals surface area contributed by atoms with Crippen molar-refractivity contribution in [1.82, 2.24) is 9.55 Å². The lowest BCUT2D eigenvalue weighted by Gasteiger charge is -2.26. The molecular weight excluding hydrogens is 240 g/mol. The van der Waals surface area contributed by atoms with Gasteiger partial charge in [0.2, 0.25) is 0 Å². The summed E-state index contributed by atoms with van der Waals surface area (Å²) in [6.45, 7) is 10.4. The number of aromatic nitrogens is 2. The molecule has 1 fully saturated rings. The van der Waals surface area contributed by atoms with E-state index in [4.69, 9.17) is 4.98 Å². The molecule has 2 rings (SSSR count). The van der Waals surface area contributed by atoms with E-state index in [2.05, 4.69) is 31.9 Å². The van der Waals surface area contributed by atoms with Gasteiger partial charge >= 0.3 is 0 Å². The van der Waals surface area contributed by atoms with Crippen LogP contribution in [0.1, 0.15) is 56.5 Å². The first-order valence-electron chi connectivity index (χ1n) is 6.92. The number of nitrogens with zero attached hydrogens (tertiary/aromatic N) is 2. The van der Waals surface area contributed by atoms with E-state index in [1.807, 2.05) is 11.8 Å². The van der Waals surface area contributed by atoms with Crippen LogP contribution in [0.25, 0.3) is 0 Å². The lowest BCUT2D eigenvalue weighted by atomic mass is 9.95. The molecule has 100 valence electrons. The molecule has 0 unspecified atom stereocenters. The van der Waals surface area contributed by atoms with Gasteiger partial charge in [0, 0.05) is 17.5 Å². The van der Waals surface area contributed by atoms with Crippen molar-refractivity contribution in [2.75, 3.05) is 5.75 Å². The fourth-order valence-electron chi connectivity index (χ4n) is 2.65. The Morgan fingerprint density at radius 2 is 2.00 bits per heavy atom. The van der Waals surface area contributed by atoms with Gasteiger partial charge in [-0.2, -0.15) is 0 Å². The number of rotatable bonds is 4. The van der Waals surface area contributed by atoms with Gasteiger partial charge in [0.05, 0.1) is 5.69 Å². The van der Waals surface area contributed by atoms with E-state index in [9.17, 15) is 0 Å². The van der Waals surface area contributed by atoms with E-state index in [0.717, 1.165) is 5.75 Å². The van der Waals surface area contributed by atoms with Crippen molar-refractivity contribution in [2.45, 2.75) is 64.1 Å². The van der Waals surface area contributed by atoms with Crippen LogP contribution in [0, 0.1) is 13.8 Å². The maximum Gasteiger partial charge on any atom is 0.168 e. The fraction of sp³-hybridized carbons (Fsp3) is 0.667. The molecule has 1 aliphatic rings. The number of aryl methyl sites for hydroxylation is 1. The van der Waals surface area contributed by atoms with E-state index < -0.39 is 0 Å². The maximum atomic E-state index is 4.74. The van der Waals surface area contributed by atoms with Gasteiger partial charge in [-0.1, -0.05) is 43.2 Å². The second kappa shape index (κ2) is 5.96. The summed E-state index contributed by atoms with van der Waals surface area (Å²) in [4.78, 5) is 4.74. The van der Waals surface area contributed by atoms with Crippen LogP contribution in [0.2, 0.25) is 0 Å². The van der Waals surface area contributed by atoms with Crippen LogP contribution >= 0.6 is 11.8 Å². The third-order valence-corrected chi connectivity index (χ3v) is 4.93. The molecule has 3 heteroatoms. The van der Waals surface area contributed by atoms with E-state index >= 15 is 0 Å². The summed E-state index contributed by atoms with van der Waals surface area (Å²) in [7, 11) is 0. The van der Waals surface area contributed by atoms with Crippen LogP contribution < -0.4 is 0 Å². The Morgan fingerprint density at radius 1 is 1.33 bits per heavy atom.